The Labute approximate surface area is 192 Å². The zero-order chi connectivity index (χ0) is 22.2. The molecule has 8 heteroatoms. The molecule has 1 atom stereocenters. The van der Waals surface area contributed by atoms with Crippen LogP contribution in [0.1, 0.15) is 23.3 Å². The third-order valence-electron chi connectivity index (χ3n) is 5.75. The van der Waals surface area contributed by atoms with Crippen LogP contribution >= 0.6 is 0 Å². The average Bonchev–Trinajstić information content (AvgIpc) is 3.39. The van der Waals surface area contributed by atoms with Gasteiger partial charge in [0.15, 0.2) is 0 Å². The number of likely N-dealkylation sites (N-methyl/N-ethyl adjacent to an activating group) is 1. The van der Waals surface area contributed by atoms with Crippen LogP contribution in [0.2, 0.25) is 0 Å². The fourth-order valence-electron chi connectivity index (χ4n) is 3.94. The molecular weight excluding hydrogens is 418 g/mol. The van der Waals surface area contributed by atoms with Gasteiger partial charge in [0.2, 0.25) is 0 Å². The molecule has 4 aromatic rings. The van der Waals surface area contributed by atoms with E-state index in [4.69, 9.17) is 4.74 Å². The first-order valence-corrected chi connectivity index (χ1v) is 10.4. The zero-order valence-corrected chi connectivity index (χ0v) is 17.9. The summed E-state index contributed by atoms with van der Waals surface area (Å²) in [4.78, 5) is 27.4. The molecule has 170 valence electrons. The Hall–Kier alpha value is -4.07. The number of hydrogen-bond acceptors (Lipinski definition) is 4. The quantitative estimate of drug-likeness (QED) is 0.523. The molecule has 0 unspecified atom stereocenters. The van der Waals surface area contributed by atoms with Crippen LogP contribution in [0.3, 0.4) is 0 Å². The second-order valence-electron chi connectivity index (χ2n) is 7.95. The van der Waals surface area contributed by atoms with E-state index in [2.05, 4.69) is 10.4 Å². The van der Waals surface area contributed by atoms with Gasteiger partial charge in [-0.25, -0.2) is 0 Å². The van der Waals surface area contributed by atoms with E-state index in [-0.39, 0.29) is 25.8 Å². The highest BCUT2D eigenvalue weighted by Gasteiger charge is 2.31. The fourth-order valence-corrected chi connectivity index (χ4v) is 3.94. The van der Waals surface area contributed by atoms with Gasteiger partial charge in [0.1, 0.15) is 18.4 Å². The molecule has 0 radical (unpaired) electrons. The largest absolute Gasteiger partial charge is 0.489 e. The van der Waals surface area contributed by atoms with Gasteiger partial charge in [0.05, 0.1) is 29.5 Å². The van der Waals surface area contributed by atoms with Gasteiger partial charge in [0, 0.05) is 37.9 Å². The summed E-state index contributed by atoms with van der Waals surface area (Å²) >= 11 is 0. The zero-order valence-electron chi connectivity index (χ0n) is 17.9. The number of aromatic nitrogens is 3. The molecule has 8 nitrogen and oxygen atoms in total. The fraction of sp³-hybridized carbons (Fsp3) is 0.240. The Morgan fingerprint density at radius 3 is 2.76 bits per heavy atom. The second-order valence-corrected chi connectivity index (χ2v) is 7.95. The summed E-state index contributed by atoms with van der Waals surface area (Å²) in [7, 11) is 3.66. The van der Waals surface area contributed by atoms with Gasteiger partial charge in [-0.15, -0.1) is 0 Å². The molecule has 1 aliphatic rings. The van der Waals surface area contributed by atoms with Gasteiger partial charge in [-0.1, -0.05) is 37.8 Å². The minimum absolute atomic E-state index is 0. The van der Waals surface area contributed by atoms with E-state index in [1.54, 1.807) is 22.8 Å². The van der Waals surface area contributed by atoms with E-state index >= 15 is 0 Å². The molecule has 0 bridgehead atoms. The predicted molar refractivity (Wildman–Crippen MR) is 128 cm³/mol. The number of carbonyl (C=O) groups is 2. The van der Waals surface area contributed by atoms with E-state index in [0.717, 1.165) is 16.5 Å². The van der Waals surface area contributed by atoms with Crippen LogP contribution in [0, 0.1) is 0 Å². The van der Waals surface area contributed by atoms with Crippen molar-refractivity contribution in [2.75, 3.05) is 18.6 Å². The normalized spacial score (nSPS) is 15.4. The molecule has 0 saturated heterocycles. The lowest BCUT2D eigenvalue weighted by atomic mass is 10.2. The molecule has 2 amide bonds. The molecule has 33 heavy (non-hydrogen) atoms. The topological polar surface area (TPSA) is 81.4 Å². The first kappa shape index (κ1) is 22.1. The number of fused-ring (bicyclic) bond motifs is 2. The lowest BCUT2D eigenvalue weighted by Gasteiger charge is -2.20. The van der Waals surface area contributed by atoms with Crippen molar-refractivity contribution in [3.05, 3.63) is 78.2 Å². The van der Waals surface area contributed by atoms with Crippen LogP contribution in [-0.4, -0.2) is 45.9 Å². The summed E-state index contributed by atoms with van der Waals surface area (Å²) < 4.78 is 9.64. The average molecular weight is 446 g/mol. The summed E-state index contributed by atoms with van der Waals surface area (Å²) in [6.45, 7) is 0.612. The van der Waals surface area contributed by atoms with Crippen molar-refractivity contribution in [2.24, 2.45) is 7.05 Å². The molecule has 0 spiro atoms. The Balaban J connectivity index is 0.00000259. The van der Waals surface area contributed by atoms with Crippen molar-refractivity contribution >= 4 is 28.4 Å². The number of rotatable bonds is 4. The SMILES string of the molecule is C.CN1C(=O)[C@H](NC(=O)c2cnn(Cc3ccccc3)c2)COc2cc3c(ccn3C)cc21. The van der Waals surface area contributed by atoms with Crippen molar-refractivity contribution in [3.63, 3.8) is 0 Å². The highest BCUT2D eigenvalue weighted by Crippen LogP contribution is 2.35. The number of ether oxygens (including phenoxy) is 1. The molecular formula is C25H27N5O3. The van der Waals surface area contributed by atoms with Gasteiger partial charge in [-0.2, -0.15) is 5.10 Å². The van der Waals surface area contributed by atoms with Crippen molar-refractivity contribution in [1.82, 2.24) is 19.7 Å². The molecule has 3 heterocycles. The van der Waals surface area contributed by atoms with Gasteiger partial charge < -0.3 is 19.5 Å². The first-order valence-electron chi connectivity index (χ1n) is 10.4. The Morgan fingerprint density at radius 2 is 1.97 bits per heavy atom. The predicted octanol–water partition coefficient (Wildman–Crippen LogP) is 3.21. The van der Waals surface area contributed by atoms with Crippen LogP contribution < -0.4 is 15.0 Å². The van der Waals surface area contributed by atoms with Gasteiger partial charge in [-0.3, -0.25) is 14.3 Å². The maximum Gasteiger partial charge on any atom is 0.255 e. The Morgan fingerprint density at radius 1 is 1.18 bits per heavy atom. The minimum atomic E-state index is -0.805. The third-order valence-corrected chi connectivity index (χ3v) is 5.75. The highest BCUT2D eigenvalue weighted by molar-refractivity contribution is 6.04. The molecule has 5 rings (SSSR count). The summed E-state index contributed by atoms with van der Waals surface area (Å²) in [6, 6.07) is 14.9. The van der Waals surface area contributed by atoms with E-state index < -0.39 is 6.04 Å². The number of hydrogen-bond donors (Lipinski definition) is 1. The van der Waals surface area contributed by atoms with Gasteiger partial charge in [-0.05, 0) is 17.7 Å². The Bertz CT molecular complexity index is 1310. The van der Waals surface area contributed by atoms with Crippen molar-refractivity contribution < 1.29 is 14.3 Å². The van der Waals surface area contributed by atoms with Gasteiger partial charge >= 0.3 is 0 Å². The van der Waals surface area contributed by atoms with E-state index in [9.17, 15) is 9.59 Å². The Kier molecular flexibility index (Phi) is 5.91. The minimum Gasteiger partial charge on any atom is -0.489 e. The third kappa shape index (κ3) is 4.19. The summed E-state index contributed by atoms with van der Waals surface area (Å²) in [5, 5.41) is 8.09. The van der Waals surface area contributed by atoms with Crippen molar-refractivity contribution in [3.8, 4) is 5.75 Å². The number of carbonyl (C=O) groups excluding carboxylic acids is 2. The maximum absolute atomic E-state index is 13.1. The summed E-state index contributed by atoms with van der Waals surface area (Å²) in [5.74, 6) is 0.0161. The molecule has 0 aliphatic carbocycles. The smallest absolute Gasteiger partial charge is 0.255 e. The summed E-state index contributed by atoms with van der Waals surface area (Å²) in [6.07, 6.45) is 5.15. The van der Waals surface area contributed by atoms with Crippen LogP contribution in [0.15, 0.2) is 67.1 Å². The van der Waals surface area contributed by atoms with E-state index in [1.807, 2.05) is 66.3 Å². The molecule has 0 fully saturated rings. The molecule has 1 N–H and O–H groups in total. The maximum atomic E-state index is 13.1. The number of nitrogens with one attached hydrogen (secondary N) is 1. The van der Waals surface area contributed by atoms with Crippen molar-refractivity contribution in [1.29, 1.82) is 0 Å². The lowest BCUT2D eigenvalue weighted by Crippen LogP contribution is -2.49. The second kappa shape index (κ2) is 8.82. The number of amides is 2. The van der Waals surface area contributed by atoms with Crippen LogP contribution in [0.4, 0.5) is 5.69 Å². The number of benzene rings is 2. The summed E-state index contributed by atoms with van der Waals surface area (Å²) in [5.41, 5.74) is 3.17. The van der Waals surface area contributed by atoms with Crippen LogP contribution in [-0.2, 0) is 18.4 Å². The highest BCUT2D eigenvalue weighted by atomic mass is 16.5. The van der Waals surface area contributed by atoms with Crippen LogP contribution in [0.25, 0.3) is 10.9 Å². The first-order chi connectivity index (χ1) is 15.5. The molecule has 0 saturated carbocycles. The molecule has 2 aromatic heterocycles. The van der Waals surface area contributed by atoms with E-state index in [1.165, 1.54) is 6.20 Å². The van der Waals surface area contributed by atoms with Gasteiger partial charge in [0.25, 0.3) is 11.8 Å². The monoisotopic (exact) mass is 445 g/mol. The standard InChI is InChI=1S/C24H23N5O3.CH4/c1-27-9-8-17-10-21-22(11-20(17)27)32-15-19(24(31)28(21)2)26-23(30)18-12-25-29(14-18)13-16-6-4-3-5-7-16;/h3-12,14,19H,13,15H2,1-2H3,(H,26,30);1H4/t19-;/m1./s1. The van der Waals surface area contributed by atoms with E-state index in [0.29, 0.717) is 23.5 Å². The number of nitrogens with zero attached hydrogens (tertiary/aromatic N) is 4. The lowest BCUT2D eigenvalue weighted by molar-refractivity contribution is -0.120. The molecule has 1 aliphatic heterocycles. The van der Waals surface area contributed by atoms with Crippen LogP contribution in [0.5, 0.6) is 5.75 Å². The molecule has 2 aromatic carbocycles. The number of anilines is 1. The van der Waals surface area contributed by atoms with Crippen molar-refractivity contribution in [2.45, 2.75) is 20.0 Å². The number of aryl methyl sites for hydroxylation is 1.